The first-order valence-electron chi connectivity index (χ1n) is 5.00. The molecule has 0 saturated carbocycles. The van der Waals surface area contributed by atoms with E-state index in [1.807, 2.05) is 6.07 Å². The molecule has 1 aromatic carbocycles. The molecule has 0 atom stereocenters. The minimum atomic E-state index is 0.806. The third kappa shape index (κ3) is 4.51. The monoisotopic (exact) mass is 174 g/mol. The first kappa shape index (κ1) is 10.0. The van der Waals surface area contributed by atoms with E-state index in [-0.39, 0.29) is 0 Å². The Morgan fingerprint density at radius 1 is 1.15 bits per heavy atom. The lowest BCUT2D eigenvalue weighted by atomic mass is 10.1. The second-order valence-electron chi connectivity index (χ2n) is 3.78. The summed E-state index contributed by atoms with van der Waals surface area (Å²) in [6.45, 7) is 4.52. The molecule has 0 heteroatoms. The fourth-order valence-corrected chi connectivity index (χ4v) is 1.21. The Hall–Kier alpha value is -1.04. The van der Waals surface area contributed by atoms with Crippen molar-refractivity contribution < 1.29 is 0 Å². The lowest BCUT2D eigenvalue weighted by Gasteiger charge is -1.98. The topological polar surface area (TPSA) is 0 Å². The van der Waals surface area contributed by atoms with Gasteiger partial charge in [0.05, 0.1) is 0 Å². The lowest BCUT2D eigenvalue weighted by molar-refractivity contribution is 0.595. The van der Waals surface area contributed by atoms with Crippen LogP contribution in [0.15, 0.2) is 36.4 Å². The third-order valence-electron chi connectivity index (χ3n) is 2.02. The van der Waals surface area contributed by atoms with Crippen molar-refractivity contribution in [2.45, 2.75) is 26.7 Å². The van der Waals surface area contributed by atoms with Crippen LogP contribution in [0.3, 0.4) is 0 Å². The SMILES string of the molecule is CC(C)CC/C=C/c1ccccc1. The molecule has 0 bridgehead atoms. The molecule has 0 aliphatic carbocycles. The fraction of sp³-hybridized carbons (Fsp3) is 0.385. The normalized spacial score (nSPS) is 11.3. The summed E-state index contributed by atoms with van der Waals surface area (Å²) in [4.78, 5) is 0. The molecule has 0 amide bonds. The van der Waals surface area contributed by atoms with Gasteiger partial charge in [0, 0.05) is 0 Å². The Kier molecular flexibility index (Phi) is 4.31. The van der Waals surface area contributed by atoms with Crippen molar-refractivity contribution in [2.24, 2.45) is 5.92 Å². The van der Waals surface area contributed by atoms with E-state index in [9.17, 15) is 0 Å². The Balaban J connectivity index is 2.33. The molecule has 13 heavy (non-hydrogen) atoms. The summed E-state index contributed by atoms with van der Waals surface area (Å²) in [5.41, 5.74) is 1.30. The van der Waals surface area contributed by atoms with E-state index in [1.54, 1.807) is 0 Å². The predicted molar refractivity (Wildman–Crippen MR) is 59.5 cm³/mol. The molecule has 1 aromatic rings. The average molecular weight is 174 g/mol. The molecule has 0 aromatic heterocycles. The van der Waals surface area contributed by atoms with Crippen LogP contribution in [-0.4, -0.2) is 0 Å². The Morgan fingerprint density at radius 2 is 1.85 bits per heavy atom. The van der Waals surface area contributed by atoms with Gasteiger partial charge >= 0.3 is 0 Å². The molecule has 0 radical (unpaired) electrons. The second-order valence-corrected chi connectivity index (χ2v) is 3.78. The van der Waals surface area contributed by atoms with Crippen LogP contribution < -0.4 is 0 Å². The highest BCUT2D eigenvalue weighted by atomic mass is 14.0. The summed E-state index contributed by atoms with van der Waals surface area (Å²) >= 11 is 0. The molecular weight excluding hydrogens is 156 g/mol. The molecule has 0 heterocycles. The van der Waals surface area contributed by atoms with Gasteiger partial charge in [0.25, 0.3) is 0 Å². The number of hydrogen-bond acceptors (Lipinski definition) is 0. The van der Waals surface area contributed by atoms with Gasteiger partial charge in [-0.2, -0.15) is 0 Å². The molecule has 0 aliphatic heterocycles. The van der Waals surface area contributed by atoms with Crippen molar-refractivity contribution in [3.05, 3.63) is 42.0 Å². The number of hydrogen-bond donors (Lipinski definition) is 0. The summed E-state index contributed by atoms with van der Waals surface area (Å²) in [5.74, 6) is 0.806. The molecule has 0 saturated heterocycles. The van der Waals surface area contributed by atoms with E-state index in [4.69, 9.17) is 0 Å². The summed E-state index contributed by atoms with van der Waals surface area (Å²) < 4.78 is 0. The van der Waals surface area contributed by atoms with Crippen LogP contribution in [0.25, 0.3) is 6.08 Å². The molecule has 0 fully saturated rings. The van der Waals surface area contributed by atoms with Crippen LogP contribution in [0.5, 0.6) is 0 Å². The maximum absolute atomic E-state index is 2.26. The highest BCUT2D eigenvalue weighted by molar-refractivity contribution is 5.48. The van der Waals surface area contributed by atoms with E-state index in [1.165, 1.54) is 18.4 Å². The summed E-state index contributed by atoms with van der Waals surface area (Å²) in [6.07, 6.45) is 6.92. The van der Waals surface area contributed by atoms with Crippen LogP contribution in [0.4, 0.5) is 0 Å². The van der Waals surface area contributed by atoms with Gasteiger partial charge in [-0.15, -0.1) is 0 Å². The third-order valence-corrected chi connectivity index (χ3v) is 2.02. The number of allylic oxidation sites excluding steroid dienone is 1. The van der Waals surface area contributed by atoms with Crippen LogP contribution in [0.1, 0.15) is 32.3 Å². The maximum atomic E-state index is 2.26. The summed E-state index contributed by atoms with van der Waals surface area (Å²) in [7, 11) is 0. The van der Waals surface area contributed by atoms with Crippen molar-refractivity contribution in [1.82, 2.24) is 0 Å². The minimum absolute atomic E-state index is 0.806. The van der Waals surface area contributed by atoms with Crippen molar-refractivity contribution in [1.29, 1.82) is 0 Å². The summed E-state index contributed by atoms with van der Waals surface area (Å²) in [6, 6.07) is 10.5. The van der Waals surface area contributed by atoms with Gasteiger partial charge in [-0.3, -0.25) is 0 Å². The number of benzene rings is 1. The first-order valence-corrected chi connectivity index (χ1v) is 5.00. The first-order chi connectivity index (χ1) is 6.29. The van der Waals surface area contributed by atoms with Crippen LogP contribution in [-0.2, 0) is 0 Å². The Morgan fingerprint density at radius 3 is 2.46 bits per heavy atom. The zero-order valence-corrected chi connectivity index (χ0v) is 8.53. The largest absolute Gasteiger partial charge is 0.0839 e. The van der Waals surface area contributed by atoms with Gasteiger partial charge in [0.1, 0.15) is 0 Å². The lowest BCUT2D eigenvalue weighted by Crippen LogP contribution is -1.83. The van der Waals surface area contributed by atoms with E-state index in [2.05, 4.69) is 50.3 Å². The van der Waals surface area contributed by atoms with Crippen LogP contribution in [0.2, 0.25) is 0 Å². The van der Waals surface area contributed by atoms with E-state index in [0.717, 1.165) is 5.92 Å². The molecule has 0 aliphatic rings. The minimum Gasteiger partial charge on any atom is -0.0839 e. The highest BCUT2D eigenvalue weighted by Gasteiger charge is 1.89. The highest BCUT2D eigenvalue weighted by Crippen LogP contribution is 2.07. The predicted octanol–water partition coefficient (Wildman–Crippen LogP) is 4.14. The molecular formula is C13H18. The second kappa shape index (κ2) is 5.58. The van der Waals surface area contributed by atoms with Crippen molar-refractivity contribution >= 4 is 6.08 Å². The smallest absolute Gasteiger partial charge is 0.0260 e. The molecule has 0 spiro atoms. The molecule has 1 rings (SSSR count). The van der Waals surface area contributed by atoms with Crippen molar-refractivity contribution in [2.75, 3.05) is 0 Å². The average Bonchev–Trinajstić information content (AvgIpc) is 2.14. The Bertz CT molecular complexity index is 244. The van der Waals surface area contributed by atoms with E-state index < -0.39 is 0 Å². The number of rotatable bonds is 4. The van der Waals surface area contributed by atoms with E-state index in [0.29, 0.717) is 0 Å². The van der Waals surface area contributed by atoms with Crippen LogP contribution in [0, 0.1) is 5.92 Å². The fourth-order valence-electron chi connectivity index (χ4n) is 1.21. The van der Waals surface area contributed by atoms with Crippen LogP contribution >= 0.6 is 0 Å². The molecule has 0 N–H and O–H groups in total. The van der Waals surface area contributed by atoms with Gasteiger partial charge in [-0.1, -0.05) is 56.3 Å². The van der Waals surface area contributed by atoms with Crippen molar-refractivity contribution in [3.8, 4) is 0 Å². The summed E-state index contributed by atoms with van der Waals surface area (Å²) in [5, 5.41) is 0. The quantitative estimate of drug-likeness (QED) is 0.643. The van der Waals surface area contributed by atoms with Gasteiger partial charge < -0.3 is 0 Å². The molecule has 0 unspecified atom stereocenters. The zero-order valence-electron chi connectivity index (χ0n) is 8.53. The molecule has 70 valence electrons. The molecule has 0 nitrogen and oxygen atoms in total. The van der Waals surface area contributed by atoms with Crippen molar-refractivity contribution in [3.63, 3.8) is 0 Å². The van der Waals surface area contributed by atoms with E-state index >= 15 is 0 Å². The van der Waals surface area contributed by atoms with Gasteiger partial charge in [-0.05, 0) is 24.3 Å². The standard InChI is InChI=1S/C13H18/c1-12(2)8-6-7-11-13-9-4-3-5-10-13/h3-5,7,9-12H,6,8H2,1-2H3/b11-7+. The van der Waals surface area contributed by atoms with Gasteiger partial charge in [-0.25, -0.2) is 0 Å². The maximum Gasteiger partial charge on any atom is -0.0260 e. The van der Waals surface area contributed by atoms with Gasteiger partial charge in [0.2, 0.25) is 0 Å². The Labute approximate surface area is 81.3 Å². The van der Waals surface area contributed by atoms with Gasteiger partial charge in [0.15, 0.2) is 0 Å². The zero-order chi connectivity index (χ0) is 9.52.